The molecular formula is C11H21NOS. The van der Waals surface area contributed by atoms with Gasteiger partial charge in [0.2, 0.25) is 0 Å². The van der Waals surface area contributed by atoms with E-state index in [1.807, 2.05) is 11.8 Å². The van der Waals surface area contributed by atoms with Crippen molar-refractivity contribution in [1.29, 1.82) is 0 Å². The van der Waals surface area contributed by atoms with Gasteiger partial charge in [0.15, 0.2) is 0 Å². The number of ketones is 1. The van der Waals surface area contributed by atoms with Gasteiger partial charge in [-0.1, -0.05) is 13.8 Å². The topological polar surface area (TPSA) is 20.3 Å². The van der Waals surface area contributed by atoms with Crippen molar-refractivity contribution in [3.05, 3.63) is 0 Å². The fourth-order valence-electron chi connectivity index (χ4n) is 1.80. The Kier molecular flexibility index (Phi) is 4.96. The van der Waals surface area contributed by atoms with Crippen LogP contribution in [-0.4, -0.2) is 40.8 Å². The molecule has 2 unspecified atom stereocenters. The summed E-state index contributed by atoms with van der Waals surface area (Å²) in [5.41, 5.74) is 0. The van der Waals surface area contributed by atoms with Crippen LogP contribution in [0.3, 0.4) is 0 Å². The van der Waals surface area contributed by atoms with E-state index in [0.717, 1.165) is 19.4 Å². The third-order valence-electron chi connectivity index (χ3n) is 2.92. The molecule has 1 aliphatic rings. The molecule has 0 aromatic carbocycles. The highest BCUT2D eigenvalue weighted by molar-refractivity contribution is 8.00. The van der Waals surface area contributed by atoms with Crippen molar-refractivity contribution in [3.63, 3.8) is 0 Å². The maximum absolute atomic E-state index is 11.5. The Morgan fingerprint density at radius 3 is 2.86 bits per heavy atom. The monoisotopic (exact) mass is 215 g/mol. The zero-order valence-corrected chi connectivity index (χ0v) is 10.3. The van der Waals surface area contributed by atoms with E-state index >= 15 is 0 Å². The zero-order valence-electron chi connectivity index (χ0n) is 9.45. The van der Waals surface area contributed by atoms with Crippen LogP contribution in [0.1, 0.15) is 33.6 Å². The van der Waals surface area contributed by atoms with Crippen LogP contribution in [-0.2, 0) is 4.79 Å². The number of rotatable bonds is 4. The lowest BCUT2D eigenvalue weighted by Crippen LogP contribution is -2.46. The summed E-state index contributed by atoms with van der Waals surface area (Å²) in [6.45, 7) is 8.30. The highest BCUT2D eigenvalue weighted by Gasteiger charge is 2.25. The van der Waals surface area contributed by atoms with Crippen molar-refractivity contribution < 1.29 is 4.79 Å². The second-order valence-electron chi connectivity index (χ2n) is 4.08. The van der Waals surface area contributed by atoms with Crippen molar-refractivity contribution in [3.8, 4) is 0 Å². The lowest BCUT2D eigenvalue weighted by molar-refractivity contribution is -0.120. The molecule has 1 rings (SSSR count). The molecule has 0 radical (unpaired) electrons. The van der Waals surface area contributed by atoms with Crippen LogP contribution in [0, 0.1) is 0 Å². The predicted octanol–water partition coefficient (Wildman–Crippen LogP) is 2.18. The smallest absolute Gasteiger partial charge is 0.146 e. The zero-order chi connectivity index (χ0) is 10.6. The number of thioether (sulfide) groups is 1. The molecule has 1 saturated heterocycles. The van der Waals surface area contributed by atoms with E-state index < -0.39 is 0 Å². The predicted molar refractivity (Wildman–Crippen MR) is 62.9 cm³/mol. The summed E-state index contributed by atoms with van der Waals surface area (Å²) in [6, 6.07) is 0.551. The summed E-state index contributed by atoms with van der Waals surface area (Å²) < 4.78 is 0. The SMILES string of the molecule is CCCC(=O)CN1CCSC(C)C1C. The average molecular weight is 215 g/mol. The first-order valence-corrected chi connectivity index (χ1v) is 6.57. The molecule has 0 aromatic heterocycles. The Labute approximate surface area is 91.4 Å². The second-order valence-corrected chi connectivity index (χ2v) is 5.56. The number of carbonyl (C=O) groups excluding carboxylic acids is 1. The van der Waals surface area contributed by atoms with E-state index in [4.69, 9.17) is 0 Å². The van der Waals surface area contributed by atoms with Gasteiger partial charge >= 0.3 is 0 Å². The number of hydrogen-bond acceptors (Lipinski definition) is 3. The molecule has 0 spiro atoms. The molecule has 0 bridgehead atoms. The Morgan fingerprint density at radius 1 is 1.50 bits per heavy atom. The largest absolute Gasteiger partial charge is 0.298 e. The van der Waals surface area contributed by atoms with E-state index in [9.17, 15) is 4.79 Å². The van der Waals surface area contributed by atoms with Gasteiger partial charge < -0.3 is 0 Å². The van der Waals surface area contributed by atoms with Gasteiger partial charge in [-0.15, -0.1) is 0 Å². The standard InChI is InChI=1S/C11H21NOS/c1-4-5-11(13)8-12-6-7-14-10(3)9(12)2/h9-10H,4-8H2,1-3H3. The lowest BCUT2D eigenvalue weighted by atomic mass is 10.1. The molecule has 1 aliphatic heterocycles. The van der Waals surface area contributed by atoms with Gasteiger partial charge in [0.05, 0.1) is 6.54 Å². The highest BCUT2D eigenvalue weighted by atomic mass is 32.2. The second kappa shape index (κ2) is 5.76. The van der Waals surface area contributed by atoms with Crippen LogP contribution < -0.4 is 0 Å². The number of Topliss-reactive ketones (excluding diaryl/α,β-unsaturated/α-hetero) is 1. The van der Waals surface area contributed by atoms with Crippen LogP contribution >= 0.6 is 11.8 Å². The summed E-state index contributed by atoms with van der Waals surface area (Å²) in [5, 5.41) is 0.665. The molecule has 3 heteroatoms. The number of nitrogens with zero attached hydrogens (tertiary/aromatic N) is 1. The Hall–Kier alpha value is -0.0200. The van der Waals surface area contributed by atoms with Crippen molar-refractivity contribution in [1.82, 2.24) is 4.90 Å². The van der Waals surface area contributed by atoms with E-state index in [-0.39, 0.29) is 0 Å². The minimum atomic E-state index is 0.401. The Balaban J connectivity index is 2.39. The van der Waals surface area contributed by atoms with Gasteiger partial charge in [-0.25, -0.2) is 0 Å². The van der Waals surface area contributed by atoms with Crippen molar-refractivity contribution >= 4 is 17.5 Å². The van der Waals surface area contributed by atoms with E-state index in [0.29, 0.717) is 23.6 Å². The molecule has 1 fully saturated rings. The first-order chi connectivity index (χ1) is 6.65. The maximum atomic E-state index is 11.5. The first kappa shape index (κ1) is 12.1. The molecule has 0 N–H and O–H groups in total. The normalized spacial score (nSPS) is 29.1. The highest BCUT2D eigenvalue weighted by Crippen LogP contribution is 2.23. The Morgan fingerprint density at radius 2 is 2.21 bits per heavy atom. The van der Waals surface area contributed by atoms with Gasteiger partial charge in [-0.3, -0.25) is 9.69 Å². The van der Waals surface area contributed by atoms with E-state index in [1.54, 1.807) is 0 Å². The van der Waals surface area contributed by atoms with Crippen molar-refractivity contribution in [2.75, 3.05) is 18.8 Å². The van der Waals surface area contributed by atoms with Crippen LogP contribution in [0.25, 0.3) is 0 Å². The molecule has 0 amide bonds. The summed E-state index contributed by atoms with van der Waals surface area (Å²) >= 11 is 2.02. The average Bonchev–Trinajstić information content (AvgIpc) is 2.13. The molecule has 0 saturated carbocycles. The van der Waals surface area contributed by atoms with E-state index in [1.165, 1.54) is 5.75 Å². The molecule has 82 valence electrons. The van der Waals surface area contributed by atoms with Gasteiger partial charge in [-0.2, -0.15) is 11.8 Å². The van der Waals surface area contributed by atoms with Crippen LogP contribution in [0.2, 0.25) is 0 Å². The molecule has 1 heterocycles. The molecular weight excluding hydrogens is 194 g/mol. The molecule has 2 atom stereocenters. The third-order valence-corrected chi connectivity index (χ3v) is 4.26. The Bertz CT molecular complexity index is 196. The fourth-order valence-corrected chi connectivity index (χ4v) is 2.97. The maximum Gasteiger partial charge on any atom is 0.146 e. The summed E-state index contributed by atoms with van der Waals surface area (Å²) in [4.78, 5) is 13.8. The summed E-state index contributed by atoms with van der Waals surface area (Å²) in [6.07, 6.45) is 1.72. The van der Waals surface area contributed by atoms with Crippen LogP contribution in [0.4, 0.5) is 0 Å². The lowest BCUT2D eigenvalue weighted by Gasteiger charge is -2.36. The summed E-state index contributed by atoms with van der Waals surface area (Å²) in [5.74, 6) is 1.57. The van der Waals surface area contributed by atoms with E-state index in [2.05, 4.69) is 25.7 Å². The molecule has 2 nitrogen and oxygen atoms in total. The third kappa shape index (κ3) is 3.28. The van der Waals surface area contributed by atoms with Gasteiger partial charge in [0.25, 0.3) is 0 Å². The molecule has 0 aliphatic carbocycles. The summed E-state index contributed by atoms with van der Waals surface area (Å²) in [7, 11) is 0. The van der Waals surface area contributed by atoms with Gasteiger partial charge in [0, 0.05) is 30.0 Å². The van der Waals surface area contributed by atoms with Crippen molar-refractivity contribution in [2.45, 2.75) is 44.9 Å². The first-order valence-electron chi connectivity index (χ1n) is 5.52. The van der Waals surface area contributed by atoms with Crippen molar-refractivity contribution in [2.24, 2.45) is 0 Å². The fraction of sp³-hybridized carbons (Fsp3) is 0.909. The van der Waals surface area contributed by atoms with Gasteiger partial charge in [-0.05, 0) is 13.3 Å². The molecule has 14 heavy (non-hydrogen) atoms. The van der Waals surface area contributed by atoms with Gasteiger partial charge in [0.1, 0.15) is 5.78 Å². The minimum Gasteiger partial charge on any atom is -0.298 e. The van der Waals surface area contributed by atoms with Crippen LogP contribution in [0.5, 0.6) is 0 Å². The van der Waals surface area contributed by atoms with Crippen LogP contribution in [0.15, 0.2) is 0 Å². The number of carbonyl (C=O) groups is 1. The quantitative estimate of drug-likeness (QED) is 0.717. The minimum absolute atomic E-state index is 0.401. The number of hydrogen-bond donors (Lipinski definition) is 0. The molecule has 0 aromatic rings.